The van der Waals surface area contributed by atoms with E-state index < -0.39 is 0 Å². The van der Waals surface area contributed by atoms with E-state index >= 15 is 0 Å². The van der Waals surface area contributed by atoms with Crippen LogP contribution in [0.4, 0.5) is 0 Å². The second-order valence-electron chi connectivity index (χ2n) is 4.62. The van der Waals surface area contributed by atoms with Crippen molar-refractivity contribution >= 4 is 0 Å². The fraction of sp³-hybridized carbons (Fsp3) is 0.333. The predicted octanol–water partition coefficient (Wildman–Crippen LogP) is 1.81. The zero-order valence-corrected chi connectivity index (χ0v) is 11.4. The fourth-order valence-corrected chi connectivity index (χ4v) is 2.21. The average molecular weight is 271 g/mol. The summed E-state index contributed by atoms with van der Waals surface area (Å²) in [5.41, 5.74) is 2.68. The molecule has 0 spiro atoms. The first kappa shape index (κ1) is 13.0. The maximum absolute atomic E-state index is 5.71. The van der Waals surface area contributed by atoms with Gasteiger partial charge in [-0.3, -0.25) is 4.98 Å². The Bertz CT molecular complexity index is 583. The van der Waals surface area contributed by atoms with Crippen molar-refractivity contribution in [3.63, 3.8) is 0 Å². The Balaban J connectivity index is 1.89. The van der Waals surface area contributed by atoms with Gasteiger partial charge in [-0.05, 0) is 12.1 Å². The molecule has 0 radical (unpaired) electrons. The normalized spacial score (nSPS) is 18.8. The number of nitrogens with one attached hydrogen (secondary N) is 1. The molecule has 1 saturated heterocycles. The summed E-state index contributed by atoms with van der Waals surface area (Å²) in [7, 11) is 1.66. The van der Waals surface area contributed by atoms with Crippen molar-refractivity contribution < 1.29 is 9.47 Å². The second kappa shape index (κ2) is 5.98. The Hall–Kier alpha value is -1.98. The Labute approximate surface area is 118 Å². The monoisotopic (exact) mass is 271 g/mol. The highest BCUT2D eigenvalue weighted by Crippen LogP contribution is 2.23. The van der Waals surface area contributed by atoms with Crippen LogP contribution in [-0.2, 0) is 4.74 Å². The van der Waals surface area contributed by atoms with Gasteiger partial charge in [0.05, 0.1) is 37.5 Å². The highest BCUT2D eigenvalue weighted by Gasteiger charge is 2.18. The third-order valence-electron chi connectivity index (χ3n) is 3.28. The molecule has 2 heterocycles. The Kier molecular flexibility index (Phi) is 3.90. The van der Waals surface area contributed by atoms with Gasteiger partial charge in [0, 0.05) is 18.7 Å². The Morgan fingerprint density at radius 2 is 2.30 bits per heavy atom. The highest BCUT2D eigenvalue weighted by atomic mass is 16.5. The van der Waals surface area contributed by atoms with Crippen LogP contribution in [0.15, 0.2) is 36.7 Å². The number of morpholine rings is 1. The van der Waals surface area contributed by atoms with Crippen LogP contribution in [0, 0.1) is 0 Å². The minimum absolute atomic E-state index is 0.0261. The first-order valence-corrected chi connectivity index (χ1v) is 6.65. The quantitative estimate of drug-likeness (QED) is 0.922. The maximum Gasteiger partial charge on any atom is 0.119 e. The molecule has 1 aliphatic heterocycles. The van der Waals surface area contributed by atoms with Gasteiger partial charge in [-0.1, -0.05) is 12.1 Å². The second-order valence-corrected chi connectivity index (χ2v) is 4.62. The van der Waals surface area contributed by atoms with Gasteiger partial charge in [0.1, 0.15) is 11.9 Å². The summed E-state index contributed by atoms with van der Waals surface area (Å²) in [6.45, 7) is 2.37. The zero-order chi connectivity index (χ0) is 13.8. The third-order valence-corrected chi connectivity index (χ3v) is 3.28. The molecule has 1 aromatic carbocycles. The van der Waals surface area contributed by atoms with E-state index in [-0.39, 0.29) is 6.10 Å². The molecule has 104 valence electrons. The lowest BCUT2D eigenvalue weighted by molar-refractivity contribution is 0.0248. The van der Waals surface area contributed by atoms with E-state index in [9.17, 15) is 0 Å². The Morgan fingerprint density at radius 3 is 3.10 bits per heavy atom. The first-order valence-electron chi connectivity index (χ1n) is 6.65. The number of hydrogen-bond donors (Lipinski definition) is 1. The lowest BCUT2D eigenvalue weighted by Crippen LogP contribution is -2.33. The van der Waals surface area contributed by atoms with Gasteiger partial charge >= 0.3 is 0 Å². The molecule has 1 fully saturated rings. The molecule has 20 heavy (non-hydrogen) atoms. The van der Waals surface area contributed by atoms with Crippen LogP contribution in [0.5, 0.6) is 5.75 Å². The summed E-state index contributed by atoms with van der Waals surface area (Å²) in [6, 6.07) is 7.81. The van der Waals surface area contributed by atoms with Crippen LogP contribution in [0.2, 0.25) is 0 Å². The molecule has 5 heteroatoms. The number of hydrogen-bond acceptors (Lipinski definition) is 5. The SMILES string of the molecule is COc1cccc(-c2cncc([C@H]3CNCCO3)n2)c1. The van der Waals surface area contributed by atoms with Gasteiger partial charge in [-0.25, -0.2) is 4.98 Å². The molecule has 1 aliphatic rings. The lowest BCUT2D eigenvalue weighted by Gasteiger charge is -2.23. The summed E-state index contributed by atoms with van der Waals surface area (Å²) in [5, 5.41) is 3.30. The summed E-state index contributed by atoms with van der Waals surface area (Å²) in [5.74, 6) is 0.810. The van der Waals surface area contributed by atoms with Crippen molar-refractivity contribution in [1.82, 2.24) is 15.3 Å². The number of rotatable bonds is 3. The number of nitrogens with zero attached hydrogens (tertiary/aromatic N) is 2. The fourth-order valence-electron chi connectivity index (χ4n) is 2.21. The number of methoxy groups -OCH3 is 1. The molecule has 0 saturated carbocycles. The minimum Gasteiger partial charge on any atom is -0.497 e. The molecule has 0 unspecified atom stereocenters. The molecule has 3 rings (SSSR count). The first-order chi connectivity index (χ1) is 9.86. The molecule has 2 aromatic rings. The molecule has 1 aromatic heterocycles. The van der Waals surface area contributed by atoms with E-state index in [4.69, 9.17) is 9.47 Å². The third kappa shape index (κ3) is 2.79. The van der Waals surface area contributed by atoms with E-state index in [0.29, 0.717) is 6.61 Å². The van der Waals surface area contributed by atoms with Gasteiger partial charge < -0.3 is 14.8 Å². The molecule has 1 atom stereocenters. The van der Waals surface area contributed by atoms with E-state index in [1.54, 1.807) is 19.5 Å². The zero-order valence-electron chi connectivity index (χ0n) is 11.4. The Morgan fingerprint density at radius 1 is 1.35 bits per heavy atom. The maximum atomic E-state index is 5.71. The summed E-state index contributed by atoms with van der Waals surface area (Å²) >= 11 is 0. The lowest BCUT2D eigenvalue weighted by atomic mass is 10.1. The topological polar surface area (TPSA) is 56.3 Å². The molecule has 5 nitrogen and oxygen atoms in total. The van der Waals surface area contributed by atoms with Gasteiger partial charge in [0.2, 0.25) is 0 Å². The molecule has 1 N–H and O–H groups in total. The van der Waals surface area contributed by atoms with Crippen LogP contribution < -0.4 is 10.1 Å². The summed E-state index contributed by atoms with van der Waals surface area (Å²) in [6.07, 6.45) is 3.50. The highest BCUT2D eigenvalue weighted by molar-refractivity contribution is 5.60. The number of benzene rings is 1. The van der Waals surface area contributed by atoms with Gasteiger partial charge in [-0.15, -0.1) is 0 Å². The summed E-state index contributed by atoms with van der Waals surface area (Å²) < 4.78 is 11.0. The van der Waals surface area contributed by atoms with Crippen LogP contribution in [0.1, 0.15) is 11.8 Å². The molecular formula is C15H17N3O2. The molecule has 0 aliphatic carbocycles. The average Bonchev–Trinajstić information content (AvgIpc) is 2.56. The van der Waals surface area contributed by atoms with Crippen LogP contribution in [-0.4, -0.2) is 36.8 Å². The van der Waals surface area contributed by atoms with Crippen molar-refractivity contribution in [3.05, 3.63) is 42.4 Å². The van der Waals surface area contributed by atoms with Crippen molar-refractivity contribution in [2.45, 2.75) is 6.10 Å². The number of ether oxygens (including phenoxy) is 2. The predicted molar refractivity (Wildman–Crippen MR) is 75.6 cm³/mol. The standard InChI is InChI=1S/C15H17N3O2/c1-19-12-4-2-3-11(7-12)13-8-17-9-14(18-13)15-10-16-5-6-20-15/h2-4,7-9,15-16H,5-6,10H2,1H3/t15-/m1/s1. The van der Waals surface area contributed by atoms with Crippen molar-refractivity contribution in [1.29, 1.82) is 0 Å². The molecular weight excluding hydrogens is 254 g/mol. The largest absolute Gasteiger partial charge is 0.497 e. The smallest absolute Gasteiger partial charge is 0.119 e. The van der Waals surface area contributed by atoms with E-state index in [0.717, 1.165) is 35.8 Å². The van der Waals surface area contributed by atoms with Crippen molar-refractivity contribution in [3.8, 4) is 17.0 Å². The van der Waals surface area contributed by atoms with E-state index in [1.807, 2.05) is 24.3 Å². The molecule has 0 bridgehead atoms. The van der Waals surface area contributed by atoms with E-state index in [2.05, 4.69) is 15.3 Å². The van der Waals surface area contributed by atoms with Crippen LogP contribution >= 0.6 is 0 Å². The summed E-state index contributed by atoms with van der Waals surface area (Å²) in [4.78, 5) is 8.94. The van der Waals surface area contributed by atoms with Gasteiger partial charge in [0.15, 0.2) is 0 Å². The van der Waals surface area contributed by atoms with Crippen LogP contribution in [0.3, 0.4) is 0 Å². The van der Waals surface area contributed by atoms with E-state index in [1.165, 1.54) is 0 Å². The van der Waals surface area contributed by atoms with Gasteiger partial charge in [-0.2, -0.15) is 0 Å². The number of aromatic nitrogens is 2. The van der Waals surface area contributed by atoms with Crippen molar-refractivity contribution in [2.24, 2.45) is 0 Å². The minimum atomic E-state index is -0.0261. The molecule has 0 amide bonds. The van der Waals surface area contributed by atoms with Crippen molar-refractivity contribution in [2.75, 3.05) is 26.8 Å². The van der Waals surface area contributed by atoms with Crippen LogP contribution in [0.25, 0.3) is 11.3 Å². The van der Waals surface area contributed by atoms with Gasteiger partial charge in [0.25, 0.3) is 0 Å².